The molecule has 0 N–H and O–H groups in total. The average Bonchev–Trinajstić information content (AvgIpc) is 3.65. The van der Waals surface area contributed by atoms with Crippen molar-refractivity contribution in [3.8, 4) is 5.69 Å². The molecule has 0 radical (unpaired) electrons. The maximum Gasteiger partial charge on any atom is 0.0778 e. The summed E-state index contributed by atoms with van der Waals surface area (Å²) in [6.07, 6.45) is 6.79. The summed E-state index contributed by atoms with van der Waals surface area (Å²) >= 11 is 0. The molecule has 0 bridgehead atoms. The monoisotopic (exact) mass is 589 g/mol. The quantitative estimate of drug-likeness (QED) is 0.200. The van der Waals surface area contributed by atoms with Gasteiger partial charge < -0.3 is 14.0 Å². The number of benzene rings is 6. The fraction of sp³-hybridized carbons (Fsp3) is 0.0233. The van der Waals surface area contributed by atoms with Crippen LogP contribution in [0, 0.1) is 0 Å². The van der Waals surface area contributed by atoms with Crippen molar-refractivity contribution in [2.45, 2.75) is 0 Å². The summed E-state index contributed by atoms with van der Waals surface area (Å²) in [6.45, 7) is 5.34. The van der Waals surface area contributed by atoms with Crippen LogP contribution in [0.2, 0.25) is 0 Å². The Labute approximate surface area is 267 Å². The molecular weight excluding hydrogens is 558 g/mol. The molecule has 9 rings (SSSR count). The van der Waals surface area contributed by atoms with Crippen LogP contribution >= 0.6 is 0 Å². The lowest BCUT2D eigenvalue weighted by atomic mass is 10.0. The molecule has 0 amide bonds. The highest BCUT2D eigenvalue weighted by Crippen LogP contribution is 2.42. The Morgan fingerprint density at radius 3 is 1.74 bits per heavy atom. The molecule has 3 heteroatoms. The molecule has 0 saturated carbocycles. The number of nitrogens with zero attached hydrogens (tertiary/aromatic N) is 3. The minimum absolute atomic E-state index is 0.689. The van der Waals surface area contributed by atoms with E-state index in [0.717, 1.165) is 33.9 Å². The van der Waals surface area contributed by atoms with Crippen LogP contribution in [-0.2, 0) is 0 Å². The van der Waals surface area contributed by atoms with Gasteiger partial charge in [0, 0.05) is 50.7 Å². The Morgan fingerprint density at radius 2 is 1.02 bits per heavy atom. The van der Waals surface area contributed by atoms with Gasteiger partial charge in [-0.15, -0.1) is 0 Å². The van der Waals surface area contributed by atoms with Crippen molar-refractivity contribution in [3.05, 3.63) is 176 Å². The van der Waals surface area contributed by atoms with Crippen LogP contribution in [0.15, 0.2) is 170 Å². The summed E-state index contributed by atoms with van der Waals surface area (Å²) in [4.78, 5) is 2.44. The van der Waals surface area contributed by atoms with Crippen LogP contribution in [0.4, 0.5) is 11.4 Å². The lowest BCUT2D eigenvalue weighted by Gasteiger charge is -2.27. The number of para-hydroxylation sites is 6. The molecule has 46 heavy (non-hydrogen) atoms. The maximum atomic E-state index is 4.65. The Balaban J connectivity index is 1.28. The number of hydrogen-bond acceptors (Lipinski definition) is 1. The lowest BCUT2D eigenvalue weighted by molar-refractivity contribution is 1.08. The summed E-state index contributed by atoms with van der Waals surface area (Å²) in [7, 11) is 0. The molecule has 2 aromatic heterocycles. The van der Waals surface area contributed by atoms with Crippen molar-refractivity contribution in [2.24, 2.45) is 0 Å². The highest BCUT2D eigenvalue weighted by molar-refractivity contribution is 6.14. The first-order chi connectivity index (χ1) is 22.8. The number of aromatic nitrogens is 2. The van der Waals surface area contributed by atoms with Crippen LogP contribution in [-0.4, -0.2) is 15.7 Å². The molecule has 3 heterocycles. The maximum absolute atomic E-state index is 4.65. The van der Waals surface area contributed by atoms with E-state index in [4.69, 9.17) is 0 Å². The van der Waals surface area contributed by atoms with Gasteiger partial charge in [0.25, 0.3) is 0 Å². The van der Waals surface area contributed by atoms with Gasteiger partial charge >= 0.3 is 0 Å². The zero-order valence-corrected chi connectivity index (χ0v) is 25.3. The minimum atomic E-state index is 0.689. The van der Waals surface area contributed by atoms with Crippen molar-refractivity contribution in [1.29, 1.82) is 0 Å². The minimum Gasteiger partial charge on any atom is -0.335 e. The zero-order valence-electron chi connectivity index (χ0n) is 25.3. The van der Waals surface area contributed by atoms with E-state index in [9.17, 15) is 0 Å². The standard InChI is InChI=1S/C43H31N3/c1-30-29-32(45-39-24-10-6-19-34(39)35-20-7-11-25-40(35)45)17-14-28-44(38-23-9-5-18-33(30)38)42-27-13-22-37-36-21-8-12-26-41(36)46(43(37)42)31-15-3-2-4-16-31/h2-27,29H,1,28H2/b17-14-,32-29+. The van der Waals surface area contributed by atoms with Crippen molar-refractivity contribution in [1.82, 2.24) is 9.13 Å². The molecule has 8 aromatic rings. The zero-order chi connectivity index (χ0) is 30.6. The van der Waals surface area contributed by atoms with E-state index >= 15 is 0 Å². The topological polar surface area (TPSA) is 13.1 Å². The van der Waals surface area contributed by atoms with E-state index in [-0.39, 0.29) is 0 Å². The highest BCUT2D eigenvalue weighted by atomic mass is 15.2. The molecule has 218 valence electrons. The van der Waals surface area contributed by atoms with Gasteiger partial charge in [0.2, 0.25) is 0 Å². The van der Waals surface area contributed by atoms with E-state index in [1.807, 2.05) is 0 Å². The second-order valence-corrected chi connectivity index (χ2v) is 11.9. The second kappa shape index (κ2) is 10.5. The van der Waals surface area contributed by atoms with Crippen LogP contribution in [0.1, 0.15) is 5.56 Å². The molecule has 0 atom stereocenters. The molecule has 3 nitrogen and oxygen atoms in total. The summed E-state index contributed by atoms with van der Waals surface area (Å²) < 4.78 is 4.79. The molecule has 0 saturated heterocycles. The van der Waals surface area contributed by atoms with Crippen molar-refractivity contribution < 1.29 is 0 Å². The Hall–Kier alpha value is -6.06. The summed E-state index contributed by atoms with van der Waals surface area (Å²) in [6, 6.07) is 52.1. The second-order valence-electron chi connectivity index (χ2n) is 11.9. The predicted octanol–water partition coefficient (Wildman–Crippen LogP) is 11.2. The number of allylic oxidation sites excluding steroid dienone is 4. The van der Waals surface area contributed by atoms with Crippen molar-refractivity contribution >= 4 is 66.3 Å². The third-order valence-corrected chi connectivity index (χ3v) is 9.26. The largest absolute Gasteiger partial charge is 0.335 e. The number of rotatable bonds is 3. The average molecular weight is 590 g/mol. The third-order valence-electron chi connectivity index (χ3n) is 9.26. The van der Waals surface area contributed by atoms with Gasteiger partial charge in [-0.05, 0) is 60.2 Å². The van der Waals surface area contributed by atoms with Gasteiger partial charge in [0.1, 0.15) is 0 Å². The number of fused-ring (bicyclic) bond motifs is 7. The van der Waals surface area contributed by atoms with Crippen molar-refractivity contribution in [2.75, 3.05) is 11.4 Å². The van der Waals surface area contributed by atoms with Gasteiger partial charge in [0.05, 0.1) is 27.8 Å². The van der Waals surface area contributed by atoms with Gasteiger partial charge in [-0.2, -0.15) is 0 Å². The first-order valence-corrected chi connectivity index (χ1v) is 15.8. The molecule has 0 spiro atoms. The predicted molar refractivity (Wildman–Crippen MR) is 196 cm³/mol. The number of hydrogen-bond donors (Lipinski definition) is 0. The SMILES string of the molecule is C=C1/C=C(n2c3ccccc3c3ccccc32)\C=C/CN(c2cccc3c4ccccc4n(-c4ccccc4)c23)c2ccccc21. The normalized spacial score (nSPS) is 15.4. The smallest absolute Gasteiger partial charge is 0.0778 e. The van der Waals surface area contributed by atoms with E-state index in [1.165, 1.54) is 43.6 Å². The van der Waals surface area contributed by atoms with Crippen molar-refractivity contribution in [3.63, 3.8) is 0 Å². The van der Waals surface area contributed by atoms with Gasteiger partial charge in [0.15, 0.2) is 0 Å². The van der Waals surface area contributed by atoms with Gasteiger partial charge in [-0.25, -0.2) is 0 Å². The fourth-order valence-electron chi connectivity index (χ4n) is 7.29. The first kappa shape index (κ1) is 26.4. The lowest BCUT2D eigenvalue weighted by Crippen LogP contribution is -2.19. The molecule has 0 unspecified atom stereocenters. The Morgan fingerprint density at radius 1 is 0.478 bits per heavy atom. The first-order valence-electron chi connectivity index (χ1n) is 15.8. The summed E-state index contributed by atoms with van der Waals surface area (Å²) in [5.41, 5.74) is 11.4. The molecule has 1 aliphatic rings. The molecular formula is C43H31N3. The Bertz CT molecular complexity index is 2470. The van der Waals surface area contributed by atoms with Gasteiger partial charge in [-0.1, -0.05) is 116 Å². The highest BCUT2D eigenvalue weighted by Gasteiger charge is 2.22. The van der Waals surface area contributed by atoms with E-state index in [2.05, 4.69) is 184 Å². The van der Waals surface area contributed by atoms with Gasteiger partial charge in [-0.3, -0.25) is 0 Å². The van der Waals surface area contributed by atoms with Crippen LogP contribution < -0.4 is 4.90 Å². The van der Waals surface area contributed by atoms with Crippen LogP contribution in [0.25, 0.3) is 60.6 Å². The third kappa shape index (κ3) is 3.99. The van der Waals surface area contributed by atoms with Crippen LogP contribution in [0.3, 0.4) is 0 Å². The molecule has 0 fully saturated rings. The molecule has 1 aliphatic heterocycles. The molecule has 0 aliphatic carbocycles. The van der Waals surface area contributed by atoms with Crippen LogP contribution in [0.5, 0.6) is 0 Å². The van der Waals surface area contributed by atoms with E-state index in [1.54, 1.807) is 0 Å². The summed E-state index contributed by atoms with van der Waals surface area (Å²) in [5, 5.41) is 4.98. The van der Waals surface area contributed by atoms with E-state index in [0.29, 0.717) is 6.54 Å². The fourth-order valence-corrected chi connectivity index (χ4v) is 7.29. The molecule has 6 aromatic carbocycles. The van der Waals surface area contributed by atoms with E-state index < -0.39 is 0 Å². The summed E-state index contributed by atoms with van der Waals surface area (Å²) in [5.74, 6) is 0. The number of anilines is 2. The Kier molecular flexibility index (Phi) is 6.04.